The molecule has 1 fully saturated rings. The minimum Gasteiger partial charge on any atom is -0.340 e. The summed E-state index contributed by atoms with van der Waals surface area (Å²) >= 11 is 3.54. The van der Waals surface area contributed by atoms with Gasteiger partial charge in [-0.05, 0) is 30.7 Å². The van der Waals surface area contributed by atoms with E-state index in [1.165, 1.54) is 5.56 Å². The van der Waals surface area contributed by atoms with Gasteiger partial charge in [-0.15, -0.1) is 0 Å². The molecule has 0 saturated carbocycles. The Morgan fingerprint density at radius 3 is 2.62 bits per heavy atom. The molecular formula is C17H20BrN5O. The Labute approximate surface area is 150 Å². The number of hydrogen-bond donors (Lipinski definition) is 1. The van der Waals surface area contributed by atoms with Gasteiger partial charge >= 0.3 is 0 Å². The van der Waals surface area contributed by atoms with Crippen molar-refractivity contribution >= 4 is 39.3 Å². The molecule has 7 heteroatoms. The molecule has 0 unspecified atom stereocenters. The van der Waals surface area contributed by atoms with Gasteiger partial charge in [-0.3, -0.25) is 4.79 Å². The highest BCUT2D eigenvalue weighted by atomic mass is 79.9. The lowest BCUT2D eigenvalue weighted by molar-refractivity contribution is -0.129. The number of amides is 1. The van der Waals surface area contributed by atoms with Crippen LogP contribution in [0.4, 0.5) is 17.5 Å². The number of aryl methyl sites for hydroxylation is 1. The van der Waals surface area contributed by atoms with Gasteiger partial charge in [0.1, 0.15) is 5.82 Å². The van der Waals surface area contributed by atoms with Crippen molar-refractivity contribution in [3.63, 3.8) is 0 Å². The van der Waals surface area contributed by atoms with Crippen LogP contribution in [-0.2, 0) is 4.79 Å². The van der Waals surface area contributed by atoms with E-state index >= 15 is 0 Å². The second kappa shape index (κ2) is 7.17. The highest BCUT2D eigenvalue weighted by molar-refractivity contribution is 9.10. The number of anilines is 3. The zero-order valence-electron chi connectivity index (χ0n) is 13.8. The molecule has 1 aliphatic rings. The van der Waals surface area contributed by atoms with E-state index in [0.717, 1.165) is 29.1 Å². The summed E-state index contributed by atoms with van der Waals surface area (Å²) < 4.78 is 1.06. The number of rotatable bonds is 3. The minimum absolute atomic E-state index is 0.121. The molecule has 6 nitrogen and oxygen atoms in total. The summed E-state index contributed by atoms with van der Waals surface area (Å²) in [5, 5.41) is 3.31. The summed E-state index contributed by atoms with van der Waals surface area (Å²) in [7, 11) is 0. The number of hydrogen-bond acceptors (Lipinski definition) is 5. The van der Waals surface area contributed by atoms with Crippen molar-refractivity contribution in [3.8, 4) is 0 Å². The molecule has 1 amide bonds. The summed E-state index contributed by atoms with van der Waals surface area (Å²) in [6.07, 6.45) is 1.76. The molecule has 3 rings (SSSR count). The van der Waals surface area contributed by atoms with Gasteiger partial charge in [-0.1, -0.05) is 22.0 Å². The number of aromatic nitrogens is 2. The van der Waals surface area contributed by atoms with Crippen molar-refractivity contribution in [2.24, 2.45) is 0 Å². The van der Waals surface area contributed by atoms with Gasteiger partial charge in [0.25, 0.3) is 0 Å². The maximum Gasteiger partial charge on any atom is 0.227 e. The van der Waals surface area contributed by atoms with Crippen LogP contribution in [0.15, 0.2) is 34.9 Å². The van der Waals surface area contributed by atoms with Gasteiger partial charge in [0, 0.05) is 49.5 Å². The lowest BCUT2D eigenvalue weighted by Crippen LogP contribution is -2.48. The van der Waals surface area contributed by atoms with E-state index in [4.69, 9.17) is 0 Å². The number of carbonyl (C=O) groups excluding carboxylic acids is 1. The van der Waals surface area contributed by atoms with Crippen molar-refractivity contribution in [3.05, 3.63) is 40.5 Å². The van der Waals surface area contributed by atoms with Gasteiger partial charge in [0.15, 0.2) is 0 Å². The number of benzene rings is 1. The number of carbonyl (C=O) groups is 1. The van der Waals surface area contributed by atoms with E-state index in [-0.39, 0.29) is 5.91 Å². The molecule has 1 saturated heterocycles. The van der Waals surface area contributed by atoms with E-state index in [1.54, 1.807) is 13.1 Å². The standard InChI is InChI=1S/C17H20BrN5O/c1-12-3-4-14(11-15(12)18)20-16-5-6-19-17(21-16)23-9-7-22(8-10-23)13(2)24/h3-6,11H,7-10H2,1-2H3,(H,19,20,21). The molecule has 0 aliphatic carbocycles. The monoisotopic (exact) mass is 389 g/mol. The summed E-state index contributed by atoms with van der Waals surface area (Å²) in [5.41, 5.74) is 2.16. The Morgan fingerprint density at radius 1 is 1.21 bits per heavy atom. The quantitative estimate of drug-likeness (QED) is 0.873. The predicted octanol–water partition coefficient (Wildman–Crippen LogP) is 2.96. The van der Waals surface area contributed by atoms with Gasteiger partial charge in [0.05, 0.1) is 0 Å². The van der Waals surface area contributed by atoms with Gasteiger partial charge in [-0.2, -0.15) is 4.98 Å². The van der Waals surface area contributed by atoms with Gasteiger partial charge < -0.3 is 15.1 Å². The first kappa shape index (κ1) is 16.7. The largest absolute Gasteiger partial charge is 0.340 e. The number of halogens is 1. The normalized spacial score (nSPS) is 14.6. The maximum absolute atomic E-state index is 11.4. The van der Waals surface area contributed by atoms with Crippen molar-refractivity contribution in [1.29, 1.82) is 0 Å². The van der Waals surface area contributed by atoms with Crippen LogP contribution in [0.25, 0.3) is 0 Å². The molecular weight excluding hydrogens is 370 g/mol. The summed E-state index contributed by atoms with van der Waals surface area (Å²) in [6, 6.07) is 7.95. The SMILES string of the molecule is CC(=O)N1CCN(c2nccc(Nc3ccc(C)c(Br)c3)n2)CC1. The summed E-state index contributed by atoms with van der Waals surface area (Å²) in [6.45, 7) is 6.58. The van der Waals surface area contributed by atoms with Crippen LogP contribution < -0.4 is 10.2 Å². The van der Waals surface area contributed by atoms with Crippen molar-refractivity contribution < 1.29 is 4.79 Å². The molecule has 0 bridgehead atoms. The highest BCUT2D eigenvalue weighted by Gasteiger charge is 2.20. The molecule has 0 radical (unpaired) electrons. The first-order valence-electron chi connectivity index (χ1n) is 7.89. The van der Waals surface area contributed by atoms with Crippen molar-refractivity contribution in [2.75, 3.05) is 36.4 Å². The molecule has 0 spiro atoms. The zero-order chi connectivity index (χ0) is 17.1. The smallest absolute Gasteiger partial charge is 0.227 e. The van der Waals surface area contributed by atoms with Crippen molar-refractivity contribution in [1.82, 2.24) is 14.9 Å². The Bertz CT molecular complexity index is 744. The van der Waals surface area contributed by atoms with Crippen LogP contribution >= 0.6 is 15.9 Å². The van der Waals surface area contributed by atoms with E-state index in [9.17, 15) is 4.79 Å². The van der Waals surface area contributed by atoms with Gasteiger partial charge in [-0.25, -0.2) is 4.98 Å². The predicted molar refractivity (Wildman–Crippen MR) is 98.7 cm³/mol. The maximum atomic E-state index is 11.4. The number of nitrogens with one attached hydrogen (secondary N) is 1. The van der Waals surface area contributed by atoms with Crippen LogP contribution in [0.5, 0.6) is 0 Å². The molecule has 2 heterocycles. The Morgan fingerprint density at radius 2 is 1.96 bits per heavy atom. The average Bonchev–Trinajstić information content (AvgIpc) is 2.58. The van der Waals surface area contributed by atoms with Crippen LogP contribution in [0.1, 0.15) is 12.5 Å². The Hall–Kier alpha value is -2.15. The summed E-state index contributed by atoms with van der Waals surface area (Å²) in [4.78, 5) is 24.3. The molecule has 1 N–H and O–H groups in total. The number of nitrogens with zero attached hydrogens (tertiary/aromatic N) is 4. The molecule has 2 aromatic rings. The fraction of sp³-hybridized carbons (Fsp3) is 0.353. The second-order valence-electron chi connectivity index (χ2n) is 5.82. The Kier molecular flexibility index (Phi) is 4.99. The fourth-order valence-electron chi connectivity index (χ4n) is 2.61. The third kappa shape index (κ3) is 3.84. The second-order valence-corrected chi connectivity index (χ2v) is 6.68. The van der Waals surface area contributed by atoms with Gasteiger partial charge in [0.2, 0.25) is 11.9 Å². The molecule has 1 aromatic heterocycles. The van der Waals surface area contributed by atoms with E-state index in [1.807, 2.05) is 23.1 Å². The minimum atomic E-state index is 0.121. The van der Waals surface area contributed by atoms with E-state index < -0.39 is 0 Å². The van der Waals surface area contributed by atoms with E-state index in [2.05, 4.69) is 49.1 Å². The molecule has 0 atom stereocenters. The topological polar surface area (TPSA) is 61.4 Å². The average molecular weight is 390 g/mol. The van der Waals surface area contributed by atoms with Crippen molar-refractivity contribution in [2.45, 2.75) is 13.8 Å². The van der Waals surface area contributed by atoms with Crippen LogP contribution in [0.3, 0.4) is 0 Å². The van der Waals surface area contributed by atoms with Crippen LogP contribution in [0, 0.1) is 6.92 Å². The fourth-order valence-corrected chi connectivity index (χ4v) is 2.99. The third-order valence-corrected chi connectivity index (χ3v) is 4.95. The first-order valence-corrected chi connectivity index (χ1v) is 8.69. The first-order chi connectivity index (χ1) is 11.5. The molecule has 24 heavy (non-hydrogen) atoms. The summed E-state index contributed by atoms with van der Waals surface area (Å²) in [5.74, 6) is 1.56. The van der Waals surface area contributed by atoms with Crippen LogP contribution in [0.2, 0.25) is 0 Å². The zero-order valence-corrected chi connectivity index (χ0v) is 15.4. The third-order valence-electron chi connectivity index (χ3n) is 4.09. The van der Waals surface area contributed by atoms with E-state index in [0.29, 0.717) is 19.0 Å². The lowest BCUT2D eigenvalue weighted by atomic mass is 10.2. The highest BCUT2D eigenvalue weighted by Crippen LogP contribution is 2.23. The number of piperazine rings is 1. The lowest BCUT2D eigenvalue weighted by Gasteiger charge is -2.34. The molecule has 1 aliphatic heterocycles. The molecule has 126 valence electrons. The van der Waals surface area contributed by atoms with Crippen LogP contribution in [-0.4, -0.2) is 47.0 Å². The molecule has 1 aromatic carbocycles. The Balaban J connectivity index is 1.70.